The van der Waals surface area contributed by atoms with Gasteiger partial charge in [0.25, 0.3) is 0 Å². The van der Waals surface area contributed by atoms with Crippen molar-refractivity contribution >= 4 is 11.8 Å². The summed E-state index contributed by atoms with van der Waals surface area (Å²) in [5, 5.41) is 18.7. The van der Waals surface area contributed by atoms with Gasteiger partial charge in [-0.05, 0) is 31.4 Å². The Kier molecular flexibility index (Phi) is 5.20. The summed E-state index contributed by atoms with van der Waals surface area (Å²) >= 11 is 1.46. The highest BCUT2D eigenvalue weighted by Gasteiger charge is 2.18. The fourth-order valence-corrected chi connectivity index (χ4v) is 3.57. The van der Waals surface area contributed by atoms with Gasteiger partial charge in [0.1, 0.15) is 5.25 Å². The van der Waals surface area contributed by atoms with Gasteiger partial charge in [0.15, 0.2) is 11.0 Å². The van der Waals surface area contributed by atoms with Crippen LogP contribution in [0.15, 0.2) is 53.7 Å². The first-order valence-corrected chi connectivity index (χ1v) is 9.03. The molecule has 0 aliphatic carbocycles. The molecule has 1 unspecified atom stereocenters. The van der Waals surface area contributed by atoms with Crippen molar-refractivity contribution in [2.45, 2.75) is 30.7 Å². The molecule has 0 saturated heterocycles. The molecule has 0 fully saturated rings. The van der Waals surface area contributed by atoms with Crippen LogP contribution in [0.3, 0.4) is 0 Å². The van der Waals surface area contributed by atoms with E-state index in [4.69, 9.17) is 0 Å². The predicted octanol–water partition coefficient (Wildman–Crippen LogP) is 4.33. The minimum atomic E-state index is -0.199. The Bertz CT molecular complexity index is 906. The Balaban J connectivity index is 1.79. The van der Waals surface area contributed by atoms with Crippen molar-refractivity contribution in [3.05, 3.63) is 65.2 Å². The summed E-state index contributed by atoms with van der Waals surface area (Å²) in [6.45, 7) is 4.12. The van der Waals surface area contributed by atoms with Crippen molar-refractivity contribution in [3.63, 3.8) is 0 Å². The van der Waals surface area contributed by atoms with Crippen LogP contribution < -0.4 is 0 Å². The third-order valence-electron chi connectivity index (χ3n) is 4.15. The van der Waals surface area contributed by atoms with Crippen LogP contribution in [0.5, 0.6) is 0 Å². The molecule has 3 aromatic rings. The van der Waals surface area contributed by atoms with Gasteiger partial charge in [-0.15, -0.1) is 10.2 Å². The van der Waals surface area contributed by atoms with E-state index in [2.05, 4.69) is 60.4 Å². The molecule has 0 radical (unpaired) electrons. The number of aromatic nitrogens is 3. The lowest BCUT2D eigenvalue weighted by molar-refractivity contribution is 0.790. The summed E-state index contributed by atoms with van der Waals surface area (Å²) < 4.78 is 1.96. The van der Waals surface area contributed by atoms with Crippen molar-refractivity contribution in [2.75, 3.05) is 0 Å². The lowest BCUT2D eigenvalue weighted by Gasteiger charge is -2.10. The van der Waals surface area contributed by atoms with E-state index in [-0.39, 0.29) is 5.25 Å². The molecular weight excluding hydrogens is 328 g/mol. The van der Waals surface area contributed by atoms with Gasteiger partial charge in [-0.1, -0.05) is 65.9 Å². The number of aryl methyl sites for hydroxylation is 2. The topological polar surface area (TPSA) is 54.5 Å². The van der Waals surface area contributed by atoms with Crippen LogP contribution in [0, 0.1) is 25.2 Å². The average Bonchev–Trinajstić information content (AvgIpc) is 2.97. The first-order chi connectivity index (χ1) is 12.1. The maximum absolute atomic E-state index is 9.53. The molecule has 0 saturated carbocycles. The summed E-state index contributed by atoms with van der Waals surface area (Å²) in [4.78, 5) is 0. The van der Waals surface area contributed by atoms with E-state index in [9.17, 15) is 5.26 Å². The maximum atomic E-state index is 9.53. The lowest BCUT2D eigenvalue weighted by Crippen LogP contribution is -2.06. The highest BCUT2D eigenvalue weighted by Crippen LogP contribution is 2.28. The monoisotopic (exact) mass is 348 g/mol. The van der Waals surface area contributed by atoms with E-state index in [0.29, 0.717) is 6.42 Å². The van der Waals surface area contributed by atoms with Crippen molar-refractivity contribution in [1.29, 1.82) is 5.26 Å². The molecule has 126 valence electrons. The zero-order chi connectivity index (χ0) is 17.8. The summed E-state index contributed by atoms with van der Waals surface area (Å²) in [5.41, 5.74) is 4.61. The van der Waals surface area contributed by atoms with Gasteiger partial charge < -0.3 is 4.57 Å². The molecule has 2 aromatic carbocycles. The van der Waals surface area contributed by atoms with Gasteiger partial charge in [0.2, 0.25) is 0 Å². The van der Waals surface area contributed by atoms with Crippen LogP contribution in [-0.2, 0) is 13.5 Å². The van der Waals surface area contributed by atoms with Crippen LogP contribution in [0.4, 0.5) is 0 Å². The number of nitrogens with zero attached hydrogens (tertiary/aromatic N) is 4. The average molecular weight is 348 g/mol. The van der Waals surface area contributed by atoms with Crippen LogP contribution in [-0.4, -0.2) is 20.0 Å². The first kappa shape index (κ1) is 17.2. The number of hydrogen-bond donors (Lipinski definition) is 0. The molecule has 5 heteroatoms. The third kappa shape index (κ3) is 3.92. The number of benzene rings is 2. The Morgan fingerprint density at radius 1 is 1.08 bits per heavy atom. The van der Waals surface area contributed by atoms with Gasteiger partial charge in [-0.3, -0.25) is 0 Å². The van der Waals surface area contributed by atoms with Gasteiger partial charge in [0, 0.05) is 12.6 Å². The number of thioether (sulfide) groups is 1. The van der Waals surface area contributed by atoms with Crippen LogP contribution in [0.1, 0.15) is 16.7 Å². The molecule has 0 spiro atoms. The molecule has 0 amide bonds. The Hall–Kier alpha value is -2.58. The molecule has 1 aromatic heterocycles. The van der Waals surface area contributed by atoms with Crippen LogP contribution >= 0.6 is 11.8 Å². The maximum Gasteiger partial charge on any atom is 0.192 e. The van der Waals surface area contributed by atoms with Crippen molar-refractivity contribution in [3.8, 4) is 17.5 Å². The third-order valence-corrected chi connectivity index (χ3v) is 5.28. The van der Waals surface area contributed by atoms with Gasteiger partial charge in [-0.2, -0.15) is 5.26 Å². The number of hydrogen-bond acceptors (Lipinski definition) is 4. The van der Waals surface area contributed by atoms with Crippen LogP contribution in [0.2, 0.25) is 0 Å². The SMILES string of the molecule is Cc1ccc(CC(C#N)Sc2nnc(-c3ccccc3C)n2C)cc1. The van der Waals surface area contributed by atoms with Crippen molar-refractivity contribution in [2.24, 2.45) is 7.05 Å². The van der Waals surface area contributed by atoms with E-state index >= 15 is 0 Å². The summed E-state index contributed by atoms with van der Waals surface area (Å²) in [5.74, 6) is 0.827. The highest BCUT2D eigenvalue weighted by molar-refractivity contribution is 8.00. The normalized spacial score (nSPS) is 11.9. The molecule has 1 atom stereocenters. The molecule has 0 aliphatic rings. The molecule has 25 heavy (non-hydrogen) atoms. The standard InChI is InChI=1S/C20H20N4S/c1-14-8-10-16(11-9-14)12-17(13-21)25-20-23-22-19(24(20)3)18-7-5-4-6-15(18)2/h4-11,17H,12H2,1-3H3. The molecular formula is C20H20N4S. The van der Waals surface area contributed by atoms with Crippen LogP contribution in [0.25, 0.3) is 11.4 Å². The first-order valence-electron chi connectivity index (χ1n) is 8.15. The lowest BCUT2D eigenvalue weighted by atomic mass is 10.1. The largest absolute Gasteiger partial charge is 0.305 e. The van der Waals surface area contributed by atoms with Gasteiger partial charge in [-0.25, -0.2) is 0 Å². The van der Waals surface area contributed by atoms with Gasteiger partial charge in [0.05, 0.1) is 6.07 Å². The molecule has 0 N–H and O–H groups in total. The van der Waals surface area contributed by atoms with Crippen molar-refractivity contribution < 1.29 is 0 Å². The fraction of sp³-hybridized carbons (Fsp3) is 0.250. The van der Waals surface area contributed by atoms with E-state index < -0.39 is 0 Å². The molecule has 0 bridgehead atoms. The molecule has 0 aliphatic heterocycles. The minimum absolute atomic E-state index is 0.199. The second-order valence-corrected chi connectivity index (χ2v) is 7.28. The van der Waals surface area contributed by atoms with E-state index in [1.54, 1.807) is 0 Å². The number of rotatable bonds is 5. The second-order valence-electron chi connectivity index (χ2n) is 6.11. The van der Waals surface area contributed by atoms with E-state index in [0.717, 1.165) is 27.7 Å². The number of nitriles is 1. The Morgan fingerprint density at radius 3 is 2.48 bits per heavy atom. The summed E-state index contributed by atoms with van der Waals surface area (Å²) in [6.07, 6.45) is 0.688. The summed E-state index contributed by atoms with van der Waals surface area (Å²) in [6, 6.07) is 18.8. The Morgan fingerprint density at radius 2 is 1.80 bits per heavy atom. The van der Waals surface area contributed by atoms with E-state index in [1.165, 1.54) is 17.3 Å². The quantitative estimate of drug-likeness (QED) is 0.644. The minimum Gasteiger partial charge on any atom is -0.305 e. The summed E-state index contributed by atoms with van der Waals surface area (Å²) in [7, 11) is 1.95. The zero-order valence-corrected chi connectivity index (χ0v) is 15.4. The zero-order valence-electron chi connectivity index (χ0n) is 14.6. The molecule has 4 nitrogen and oxygen atoms in total. The van der Waals surface area contributed by atoms with E-state index in [1.807, 2.05) is 29.8 Å². The Labute approximate surface area is 152 Å². The predicted molar refractivity (Wildman–Crippen MR) is 101 cm³/mol. The molecule has 1 heterocycles. The van der Waals surface area contributed by atoms with Crippen molar-refractivity contribution in [1.82, 2.24) is 14.8 Å². The second kappa shape index (κ2) is 7.54. The highest BCUT2D eigenvalue weighted by atomic mass is 32.2. The fourth-order valence-electron chi connectivity index (χ4n) is 2.65. The van der Waals surface area contributed by atoms with Gasteiger partial charge >= 0.3 is 0 Å². The molecule has 3 rings (SSSR count). The smallest absolute Gasteiger partial charge is 0.192 e.